The minimum Gasteiger partial charge on any atom is -0.507 e. The van der Waals surface area contributed by atoms with E-state index in [2.05, 4.69) is 6.92 Å². The molecule has 0 saturated carbocycles. The lowest BCUT2D eigenvalue weighted by Crippen LogP contribution is -3.14. The van der Waals surface area contributed by atoms with Crippen LogP contribution in [0.25, 0.3) is 6.08 Å². The van der Waals surface area contributed by atoms with Crippen molar-refractivity contribution in [3.05, 3.63) is 58.8 Å². The lowest BCUT2D eigenvalue weighted by atomic mass is 10.0. The summed E-state index contributed by atoms with van der Waals surface area (Å²) in [6.07, 6.45) is 5.37. The van der Waals surface area contributed by atoms with E-state index in [4.69, 9.17) is 9.47 Å². The number of Topliss-reactive ketones (excluding diaryl/α,β-unsaturated/α-hetero) is 1. The van der Waals surface area contributed by atoms with Gasteiger partial charge in [0.25, 0.3) is 0 Å². The second-order valence-electron chi connectivity index (χ2n) is 7.63. The fraction of sp³-hybridized carbons (Fsp3) is 0.348. The van der Waals surface area contributed by atoms with Crippen LogP contribution in [0.4, 0.5) is 0 Å². The van der Waals surface area contributed by atoms with Crippen molar-refractivity contribution in [1.29, 1.82) is 0 Å². The number of ketones is 1. The Kier molecular flexibility index (Phi) is 5.09. The number of phenols is 1. The number of allylic oxidation sites excluding steroid dienone is 1. The van der Waals surface area contributed by atoms with Gasteiger partial charge < -0.3 is 19.5 Å². The van der Waals surface area contributed by atoms with Gasteiger partial charge in [-0.1, -0.05) is 12.1 Å². The number of hydrogen-bond acceptors (Lipinski definition) is 4. The van der Waals surface area contributed by atoms with E-state index in [9.17, 15) is 9.90 Å². The highest BCUT2D eigenvalue weighted by atomic mass is 16.5. The third-order valence-corrected chi connectivity index (χ3v) is 5.82. The van der Waals surface area contributed by atoms with Gasteiger partial charge in [0, 0.05) is 0 Å². The van der Waals surface area contributed by atoms with Crippen molar-refractivity contribution in [2.45, 2.75) is 38.8 Å². The van der Waals surface area contributed by atoms with Gasteiger partial charge in [0.1, 0.15) is 18.0 Å². The lowest BCUT2D eigenvalue weighted by Gasteiger charge is -2.30. The second kappa shape index (κ2) is 7.68. The van der Waals surface area contributed by atoms with Crippen molar-refractivity contribution in [3.8, 4) is 17.2 Å². The number of ether oxygens (including phenoxy) is 2. The molecule has 2 aliphatic rings. The maximum Gasteiger partial charge on any atom is 0.231 e. The lowest BCUT2D eigenvalue weighted by molar-refractivity contribution is -0.941. The standard InChI is InChI=1S/C23H25NO4/c1-15-5-3-4-12-24(15)14-19-20(25)11-10-18-22(26)21(28-23(18)19)13-16-6-8-17(27-2)9-7-16/h6-11,13,15,25H,3-5,12,14H2,1-2H3/p+1/t15-/m0/s1. The summed E-state index contributed by atoms with van der Waals surface area (Å²) in [5.41, 5.74) is 2.11. The average molecular weight is 380 g/mol. The zero-order valence-electron chi connectivity index (χ0n) is 16.3. The van der Waals surface area contributed by atoms with E-state index < -0.39 is 0 Å². The van der Waals surface area contributed by atoms with Crippen LogP contribution in [0.5, 0.6) is 17.2 Å². The van der Waals surface area contributed by atoms with Crippen LogP contribution >= 0.6 is 0 Å². The summed E-state index contributed by atoms with van der Waals surface area (Å²) in [4.78, 5) is 14.3. The molecule has 1 unspecified atom stereocenters. The normalized spacial score (nSPS) is 22.8. The number of methoxy groups -OCH3 is 1. The van der Waals surface area contributed by atoms with Crippen molar-refractivity contribution in [1.82, 2.24) is 0 Å². The Morgan fingerprint density at radius 3 is 2.71 bits per heavy atom. The monoisotopic (exact) mass is 380 g/mol. The molecule has 0 aliphatic carbocycles. The van der Waals surface area contributed by atoms with Crippen molar-refractivity contribution >= 4 is 11.9 Å². The highest BCUT2D eigenvalue weighted by Crippen LogP contribution is 2.39. The van der Waals surface area contributed by atoms with Crippen molar-refractivity contribution in [2.75, 3.05) is 13.7 Å². The van der Waals surface area contributed by atoms with E-state index in [0.717, 1.165) is 23.4 Å². The summed E-state index contributed by atoms with van der Waals surface area (Å²) < 4.78 is 11.1. The van der Waals surface area contributed by atoms with Gasteiger partial charge in [-0.3, -0.25) is 4.79 Å². The maximum absolute atomic E-state index is 12.8. The average Bonchev–Trinajstić information content (AvgIpc) is 3.02. The Bertz CT molecular complexity index is 917. The number of hydrogen-bond donors (Lipinski definition) is 2. The van der Waals surface area contributed by atoms with Gasteiger partial charge in [-0.25, -0.2) is 0 Å². The van der Waals surface area contributed by atoms with Crippen molar-refractivity contribution < 1.29 is 24.3 Å². The summed E-state index contributed by atoms with van der Waals surface area (Å²) in [5, 5.41) is 10.5. The molecule has 5 nitrogen and oxygen atoms in total. The first-order valence-electron chi connectivity index (χ1n) is 9.84. The van der Waals surface area contributed by atoms with Crippen LogP contribution in [0.15, 0.2) is 42.2 Å². The number of aromatic hydroxyl groups is 1. The Morgan fingerprint density at radius 2 is 2.00 bits per heavy atom. The zero-order chi connectivity index (χ0) is 19.7. The van der Waals surface area contributed by atoms with E-state index in [1.807, 2.05) is 24.3 Å². The summed E-state index contributed by atoms with van der Waals surface area (Å²) in [7, 11) is 1.62. The Balaban J connectivity index is 1.63. The maximum atomic E-state index is 12.8. The third kappa shape index (κ3) is 3.50. The summed E-state index contributed by atoms with van der Waals surface area (Å²) >= 11 is 0. The molecule has 0 radical (unpaired) electrons. The molecule has 146 valence electrons. The summed E-state index contributed by atoms with van der Waals surface area (Å²) in [6, 6.07) is 11.2. The smallest absolute Gasteiger partial charge is 0.231 e. The molecule has 28 heavy (non-hydrogen) atoms. The molecule has 2 atom stereocenters. The molecule has 0 aromatic heterocycles. The number of rotatable bonds is 4. The molecule has 4 rings (SSSR count). The molecular formula is C23H26NO4+. The van der Waals surface area contributed by atoms with Gasteiger partial charge in [-0.2, -0.15) is 0 Å². The fourth-order valence-electron chi connectivity index (χ4n) is 4.06. The molecule has 0 spiro atoms. The highest BCUT2D eigenvalue weighted by Gasteiger charge is 2.33. The third-order valence-electron chi connectivity index (χ3n) is 5.82. The largest absolute Gasteiger partial charge is 0.507 e. The SMILES string of the molecule is COc1ccc(C=C2Oc3c(ccc(O)c3C[NH+]3CCCC[C@@H]3C)C2=O)cc1. The molecule has 1 saturated heterocycles. The van der Waals surface area contributed by atoms with E-state index >= 15 is 0 Å². The first-order chi connectivity index (χ1) is 13.6. The molecule has 2 aliphatic heterocycles. The Hall–Kier alpha value is -2.79. The number of benzene rings is 2. The van der Waals surface area contributed by atoms with Gasteiger partial charge in [0.15, 0.2) is 11.5 Å². The number of piperidine rings is 1. The number of fused-ring (bicyclic) bond motifs is 1. The van der Waals surface area contributed by atoms with Crippen LogP contribution in [0.3, 0.4) is 0 Å². The first-order valence-corrected chi connectivity index (χ1v) is 9.84. The molecular weight excluding hydrogens is 354 g/mol. The quantitative estimate of drug-likeness (QED) is 0.801. The predicted octanol–water partition coefficient (Wildman–Crippen LogP) is 2.97. The second-order valence-corrected chi connectivity index (χ2v) is 7.63. The number of carbonyl (C=O) groups excluding carboxylic acids is 1. The molecule has 1 fully saturated rings. The molecule has 2 aromatic carbocycles. The first kappa shape index (κ1) is 18.6. The Morgan fingerprint density at radius 1 is 1.21 bits per heavy atom. The minimum atomic E-state index is -0.145. The van der Waals surface area contributed by atoms with Crippen LogP contribution in [-0.2, 0) is 6.54 Å². The number of carbonyl (C=O) groups is 1. The van der Waals surface area contributed by atoms with Gasteiger partial charge in [-0.15, -0.1) is 0 Å². The zero-order valence-corrected chi connectivity index (χ0v) is 16.3. The summed E-state index contributed by atoms with van der Waals surface area (Å²) in [6.45, 7) is 3.99. The number of phenolic OH excluding ortho intramolecular Hbond substituents is 1. The number of quaternary nitrogens is 1. The van der Waals surface area contributed by atoms with Gasteiger partial charge in [0.05, 0.1) is 30.8 Å². The number of likely N-dealkylation sites (tertiary alicyclic amines) is 1. The highest BCUT2D eigenvalue weighted by molar-refractivity contribution is 6.14. The predicted molar refractivity (Wildman–Crippen MR) is 107 cm³/mol. The van der Waals surface area contributed by atoms with E-state index in [-0.39, 0.29) is 17.3 Å². The number of nitrogens with one attached hydrogen (secondary N) is 1. The van der Waals surface area contributed by atoms with Crippen LogP contribution in [0.2, 0.25) is 0 Å². The van der Waals surface area contributed by atoms with E-state index in [1.54, 1.807) is 25.3 Å². The van der Waals surface area contributed by atoms with Gasteiger partial charge in [-0.05, 0) is 62.1 Å². The van der Waals surface area contributed by atoms with Crippen LogP contribution in [0.1, 0.15) is 47.7 Å². The van der Waals surface area contributed by atoms with Crippen molar-refractivity contribution in [3.63, 3.8) is 0 Å². The van der Waals surface area contributed by atoms with Gasteiger partial charge >= 0.3 is 0 Å². The minimum absolute atomic E-state index is 0.145. The van der Waals surface area contributed by atoms with E-state index in [1.165, 1.54) is 24.2 Å². The Labute approximate surface area is 165 Å². The summed E-state index contributed by atoms with van der Waals surface area (Å²) in [5.74, 6) is 1.61. The fourth-order valence-corrected chi connectivity index (χ4v) is 4.06. The van der Waals surface area contributed by atoms with Gasteiger partial charge in [0.2, 0.25) is 5.78 Å². The molecule has 2 aromatic rings. The topological polar surface area (TPSA) is 60.2 Å². The molecule has 5 heteroatoms. The van der Waals surface area contributed by atoms with Crippen molar-refractivity contribution in [2.24, 2.45) is 0 Å². The molecule has 2 heterocycles. The molecule has 0 amide bonds. The molecule has 2 N–H and O–H groups in total. The molecule has 0 bridgehead atoms. The van der Waals surface area contributed by atoms with Crippen LogP contribution in [-0.4, -0.2) is 30.6 Å². The van der Waals surface area contributed by atoms with Crippen LogP contribution in [0, 0.1) is 0 Å². The van der Waals surface area contributed by atoms with E-state index in [0.29, 0.717) is 23.9 Å². The van der Waals surface area contributed by atoms with Crippen LogP contribution < -0.4 is 14.4 Å².